The Labute approximate surface area is 210 Å². The zero-order valence-electron chi connectivity index (χ0n) is 23.3. The summed E-state index contributed by atoms with van der Waals surface area (Å²) in [7, 11) is 3.99. The van der Waals surface area contributed by atoms with Gasteiger partial charge in [0.15, 0.2) is 0 Å². The van der Waals surface area contributed by atoms with E-state index in [4.69, 9.17) is 0 Å². The highest BCUT2D eigenvalue weighted by Crippen LogP contribution is 2.29. The lowest BCUT2D eigenvalue weighted by Crippen LogP contribution is -2.12. The Morgan fingerprint density at radius 3 is 1.76 bits per heavy atom. The predicted molar refractivity (Wildman–Crippen MR) is 149 cm³/mol. The quantitative estimate of drug-likeness (QED) is 0.424. The maximum absolute atomic E-state index is 10.2. The first-order valence-electron chi connectivity index (χ1n) is 13.6. The number of nitrogens with zero attached hydrogens (tertiary/aromatic N) is 3. The number of hydrogen-bond acceptors (Lipinski definition) is 4. The predicted octanol–water partition coefficient (Wildman–Crippen LogP) is 8.26. The number of para-hydroxylation sites is 1. The van der Waals surface area contributed by atoms with Crippen LogP contribution in [-0.4, -0.2) is 30.3 Å². The number of fused-ring (bicyclic) bond motifs is 1. The summed E-state index contributed by atoms with van der Waals surface area (Å²) < 4.78 is 0. The van der Waals surface area contributed by atoms with Crippen LogP contribution in [0.1, 0.15) is 98.2 Å². The summed E-state index contributed by atoms with van der Waals surface area (Å²) in [5.41, 5.74) is 1.00. The molecular formula is C30H51N3O. The highest BCUT2D eigenvalue weighted by molar-refractivity contribution is 5.89. The molecule has 2 aliphatic rings. The van der Waals surface area contributed by atoms with Crippen LogP contribution in [0.2, 0.25) is 0 Å². The van der Waals surface area contributed by atoms with Crippen molar-refractivity contribution in [1.29, 1.82) is 0 Å². The van der Waals surface area contributed by atoms with Crippen molar-refractivity contribution < 1.29 is 4.79 Å². The van der Waals surface area contributed by atoms with Gasteiger partial charge in [-0.1, -0.05) is 85.3 Å². The van der Waals surface area contributed by atoms with Gasteiger partial charge >= 0.3 is 0 Å². The molecule has 2 fully saturated rings. The van der Waals surface area contributed by atoms with Crippen LogP contribution in [0.3, 0.4) is 0 Å². The fraction of sp³-hybridized carbons (Fsp3) is 0.700. The molecule has 1 aromatic carbocycles. The van der Waals surface area contributed by atoms with Crippen molar-refractivity contribution >= 4 is 23.0 Å². The molecule has 0 atom stereocenters. The Hall–Kier alpha value is -1.97. The molecule has 2 saturated carbocycles. The van der Waals surface area contributed by atoms with Crippen molar-refractivity contribution in [1.82, 2.24) is 9.97 Å². The van der Waals surface area contributed by atoms with Gasteiger partial charge in [0.25, 0.3) is 0 Å². The minimum Gasteiger partial charge on any atom is -0.362 e. The van der Waals surface area contributed by atoms with Crippen molar-refractivity contribution in [3.63, 3.8) is 0 Å². The molecule has 0 spiro atoms. The van der Waals surface area contributed by atoms with Gasteiger partial charge in [-0.25, -0.2) is 9.97 Å². The standard InChI is InChI=1S/C11H13N3.C9H16O.C8H16.C2H6/c1-8-12-10-7-5-4-6-9(10)11(13-8)14(2)3;1-8-2-4-9(5-3-8)6-7-10;1-7-3-5-8(2)6-4-7;1-2/h4-7H,1-3H3;7-9H,2-6H2,1H3;7-8H,3-6H2,1-2H3;1-2H3. The average molecular weight is 470 g/mol. The lowest BCUT2D eigenvalue weighted by Gasteiger charge is -2.24. The van der Waals surface area contributed by atoms with Gasteiger partial charge in [0, 0.05) is 25.9 Å². The molecule has 0 amide bonds. The van der Waals surface area contributed by atoms with Gasteiger partial charge in [-0.2, -0.15) is 0 Å². The summed E-state index contributed by atoms with van der Waals surface area (Å²) in [5, 5.41) is 1.10. The summed E-state index contributed by atoms with van der Waals surface area (Å²) in [5.74, 6) is 5.45. The molecule has 1 heterocycles. The molecular weight excluding hydrogens is 418 g/mol. The van der Waals surface area contributed by atoms with Crippen molar-refractivity contribution in [3.05, 3.63) is 30.1 Å². The number of rotatable bonds is 3. The Balaban J connectivity index is 0.000000256. The number of aromatic nitrogens is 2. The lowest BCUT2D eigenvalue weighted by atomic mass is 9.82. The average Bonchev–Trinajstić information content (AvgIpc) is 2.84. The SMILES string of the molecule is CC.CC1CCC(C)CC1.CC1CCC(CC=O)CC1.Cc1nc(N(C)C)c2ccccc2n1. The molecule has 0 unspecified atom stereocenters. The van der Waals surface area contributed by atoms with E-state index >= 15 is 0 Å². The molecule has 4 heteroatoms. The summed E-state index contributed by atoms with van der Waals surface area (Å²) in [4.78, 5) is 21.0. The first kappa shape index (κ1) is 30.1. The Kier molecular flexibility index (Phi) is 14.7. The van der Waals surface area contributed by atoms with Crippen molar-refractivity contribution in [2.45, 2.75) is 99.3 Å². The second-order valence-electron chi connectivity index (χ2n) is 10.4. The van der Waals surface area contributed by atoms with E-state index in [1.807, 2.05) is 64.0 Å². The lowest BCUT2D eigenvalue weighted by molar-refractivity contribution is -0.108. The van der Waals surface area contributed by atoms with Crippen LogP contribution in [0.15, 0.2) is 24.3 Å². The first-order valence-corrected chi connectivity index (χ1v) is 13.6. The zero-order chi connectivity index (χ0) is 25.5. The monoisotopic (exact) mass is 469 g/mol. The van der Waals surface area contributed by atoms with Crippen molar-refractivity contribution in [3.8, 4) is 0 Å². The molecule has 34 heavy (non-hydrogen) atoms. The third-order valence-electron chi connectivity index (χ3n) is 6.99. The number of aryl methyl sites for hydroxylation is 1. The third-order valence-corrected chi connectivity index (χ3v) is 6.99. The molecule has 4 rings (SSSR count). The molecule has 2 aliphatic carbocycles. The highest BCUT2D eigenvalue weighted by Gasteiger charge is 2.17. The fourth-order valence-electron chi connectivity index (χ4n) is 4.64. The van der Waals surface area contributed by atoms with Gasteiger partial charge in [0.05, 0.1) is 5.52 Å². The molecule has 2 aromatic rings. The number of hydrogen-bond donors (Lipinski definition) is 0. The van der Waals surface area contributed by atoms with Gasteiger partial charge in [-0.05, 0) is 55.6 Å². The minimum atomic E-state index is 0.716. The molecule has 192 valence electrons. The topological polar surface area (TPSA) is 46.1 Å². The van der Waals surface area contributed by atoms with E-state index in [2.05, 4.69) is 30.7 Å². The third kappa shape index (κ3) is 11.0. The maximum atomic E-state index is 10.2. The Bertz CT molecular complexity index is 794. The van der Waals surface area contributed by atoms with E-state index < -0.39 is 0 Å². The minimum absolute atomic E-state index is 0.716. The van der Waals surface area contributed by atoms with Gasteiger partial charge in [0.1, 0.15) is 17.9 Å². The van der Waals surface area contributed by atoms with Gasteiger partial charge in [-0.3, -0.25) is 0 Å². The summed E-state index contributed by atoms with van der Waals surface area (Å²) in [6.45, 7) is 13.0. The van der Waals surface area contributed by atoms with Gasteiger partial charge < -0.3 is 9.69 Å². The molecule has 0 bridgehead atoms. The maximum Gasteiger partial charge on any atom is 0.139 e. The number of carbonyl (C=O) groups is 1. The second-order valence-corrected chi connectivity index (χ2v) is 10.4. The zero-order valence-corrected chi connectivity index (χ0v) is 23.3. The largest absolute Gasteiger partial charge is 0.362 e. The fourth-order valence-corrected chi connectivity index (χ4v) is 4.64. The van der Waals surface area contributed by atoms with E-state index in [0.717, 1.165) is 53.0 Å². The summed E-state index contributed by atoms with van der Waals surface area (Å²) in [6, 6.07) is 8.06. The number of carbonyl (C=O) groups excluding carboxylic acids is 1. The molecule has 0 saturated heterocycles. The van der Waals surface area contributed by atoms with Crippen LogP contribution < -0.4 is 4.90 Å². The van der Waals surface area contributed by atoms with E-state index in [0.29, 0.717) is 5.92 Å². The van der Waals surface area contributed by atoms with Crippen LogP contribution in [0.25, 0.3) is 10.9 Å². The Morgan fingerprint density at radius 2 is 1.29 bits per heavy atom. The number of benzene rings is 1. The van der Waals surface area contributed by atoms with E-state index in [9.17, 15) is 4.79 Å². The smallest absolute Gasteiger partial charge is 0.139 e. The first-order chi connectivity index (χ1) is 16.3. The van der Waals surface area contributed by atoms with Crippen LogP contribution in [0, 0.1) is 30.6 Å². The second kappa shape index (κ2) is 16.6. The van der Waals surface area contributed by atoms with Crippen LogP contribution in [0.5, 0.6) is 0 Å². The normalized spacial score (nSPS) is 23.8. The van der Waals surface area contributed by atoms with Crippen molar-refractivity contribution in [2.75, 3.05) is 19.0 Å². The molecule has 4 nitrogen and oxygen atoms in total. The van der Waals surface area contributed by atoms with E-state index in [1.165, 1.54) is 51.4 Å². The molecule has 0 N–H and O–H groups in total. The van der Waals surface area contributed by atoms with E-state index in [-0.39, 0.29) is 0 Å². The highest BCUT2D eigenvalue weighted by atomic mass is 16.1. The number of aldehydes is 1. The van der Waals surface area contributed by atoms with Crippen LogP contribution in [-0.2, 0) is 4.79 Å². The molecule has 0 radical (unpaired) electrons. The van der Waals surface area contributed by atoms with Crippen LogP contribution >= 0.6 is 0 Å². The number of anilines is 1. The van der Waals surface area contributed by atoms with Gasteiger partial charge in [0.2, 0.25) is 0 Å². The summed E-state index contributed by atoms with van der Waals surface area (Å²) in [6.07, 6.45) is 13.0. The summed E-state index contributed by atoms with van der Waals surface area (Å²) >= 11 is 0. The van der Waals surface area contributed by atoms with E-state index in [1.54, 1.807) is 0 Å². The molecule has 0 aliphatic heterocycles. The van der Waals surface area contributed by atoms with Crippen LogP contribution in [0.4, 0.5) is 5.82 Å². The molecule has 1 aromatic heterocycles. The van der Waals surface area contributed by atoms with Crippen molar-refractivity contribution in [2.24, 2.45) is 23.7 Å². The Morgan fingerprint density at radius 1 is 0.824 bits per heavy atom. The van der Waals surface area contributed by atoms with Gasteiger partial charge in [-0.15, -0.1) is 0 Å².